The summed E-state index contributed by atoms with van der Waals surface area (Å²) in [6.45, 7) is 6.13. The lowest BCUT2D eigenvalue weighted by Gasteiger charge is -2.26. The molecule has 1 saturated heterocycles. The second-order valence-electron chi connectivity index (χ2n) is 4.77. The SMILES string of the molecule is CCC(C)C(=O)O.O=C(c1ccccn1)N1CCOCC1. The first-order valence-electron chi connectivity index (χ1n) is 7.07. The molecule has 0 saturated carbocycles. The van der Waals surface area contributed by atoms with Gasteiger partial charge in [0, 0.05) is 19.3 Å². The van der Waals surface area contributed by atoms with Gasteiger partial charge in [-0.05, 0) is 18.6 Å². The Hall–Kier alpha value is -1.95. The van der Waals surface area contributed by atoms with Crippen LogP contribution in [0.2, 0.25) is 0 Å². The minimum atomic E-state index is -0.706. The van der Waals surface area contributed by atoms with E-state index in [1.54, 1.807) is 30.2 Å². The molecular formula is C15H22N2O4. The van der Waals surface area contributed by atoms with E-state index in [2.05, 4.69) is 4.98 Å². The van der Waals surface area contributed by atoms with Crippen LogP contribution in [-0.4, -0.2) is 53.2 Å². The van der Waals surface area contributed by atoms with Gasteiger partial charge in [-0.15, -0.1) is 0 Å². The first kappa shape index (κ1) is 17.1. The molecule has 6 heteroatoms. The van der Waals surface area contributed by atoms with Crippen molar-refractivity contribution >= 4 is 11.9 Å². The van der Waals surface area contributed by atoms with Gasteiger partial charge < -0.3 is 14.7 Å². The van der Waals surface area contributed by atoms with Crippen LogP contribution in [0.5, 0.6) is 0 Å². The number of carbonyl (C=O) groups excluding carboxylic acids is 1. The maximum absolute atomic E-state index is 11.8. The summed E-state index contributed by atoms with van der Waals surface area (Å²) in [5, 5.41) is 8.18. The van der Waals surface area contributed by atoms with Crippen LogP contribution in [0.15, 0.2) is 24.4 Å². The molecule has 1 fully saturated rings. The Morgan fingerprint density at radius 2 is 2.05 bits per heavy atom. The number of aliphatic carboxylic acids is 1. The van der Waals surface area contributed by atoms with Gasteiger partial charge in [-0.25, -0.2) is 0 Å². The van der Waals surface area contributed by atoms with Gasteiger partial charge in [0.1, 0.15) is 5.69 Å². The molecule has 1 aromatic heterocycles. The molecule has 0 aliphatic carbocycles. The Bertz CT molecular complexity index is 444. The van der Waals surface area contributed by atoms with Crippen molar-refractivity contribution < 1.29 is 19.4 Å². The zero-order chi connectivity index (χ0) is 15.7. The number of carboxylic acids is 1. The summed E-state index contributed by atoms with van der Waals surface area (Å²) in [7, 11) is 0. The molecule has 116 valence electrons. The van der Waals surface area contributed by atoms with E-state index in [1.165, 1.54) is 0 Å². The van der Waals surface area contributed by atoms with Crippen LogP contribution in [0.4, 0.5) is 0 Å². The number of hydrogen-bond donors (Lipinski definition) is 1. The number of pyridine rings is 1. The third-order valence-corrected chi connectivity index (χ3v) is 3.22. The zero-order valence-electron chi connectivity index (χ0n) is 12.5. The minimum Gasteiger partial charge on any atom is -0.481 e. The summed E-state index contributed by atoms with van der Waals surface area (Å²) in [5.41, 5.74) is 0.509. The normalized spacial score (nSPS) is 15.6. The van der Waals surface area contributed by atoms with Gasteiger partial charge in [-0.3, -0.25) is 14.6 Å². The fourth-order valence-electron chi connectivity index (χ4n) is 1.59. The quantitative estimate of drug-likeness (QED) is 0.917. The molecule has 1 aliphatic rings. The van der Waals surface area contributed by atoms with Gasteiger partial charge in [0.2, 0.25) is 0 Å². The summed E-state index contributed by atoms with van der Waals surface area (Å²) >= 11 is 0. The number of hydrogen-bond acceptors (Lipinski definition) is 4. The van der Waals surface area contributed by atoms with Crippen molar-refractivity contribution in [3.05, 3.63) is 30.1 Å². The summed E-state index contributed by atoms with van der Waals surface area (Å²) in [5.74, 6) is -0.892. The molecule has 0 spiro atoms. The van der Waals surface area contributed by atoms with Gasteiger partial charge in [0.15, 0.2) is 0 Å². The molecule has 21 heavy (non-hydrogen) atoms. The molecule has 1 unspecified atom stereocenters. The summed E-state index contributed by atoms with van der Waals surface area (Å²) in [4.78, 5) is 27.5. The van der Waals surface area contributed by atoms with Crippen molar-refractivity contribution in [3.63, 3.8) is 0 Å². The predicted octanol–water partition coefficient (Wildman–Crippen LogP) is 1.67. The second-order valence-corrected chi connectivity index (χ2v) is 4.77. The van der Waals surface area contributed by atoms with Crippen molar-refractivity contribution in [1.29, 1.82) is 0 Å². The summed E-state index contributed by atoms with van der Waals surface area (Å²) < 4.78 is 5.17. The van der Waals surface area contributed by atoms with E-state index in [0.717, 1.165) is 6.42 Å². The topological polar surface area (TPSA) is 79.7 Å². The van der Waals surface area contributed by atoms with Gasteiger partial charge in [0.05, 0.1) is 19.1 Å². The fraction of sp³-hybridized carbons (Fsp3) is 0.533. The van der Waals surface area contributed by atoms with E-state index >= 15 is 0 Å². The lowest BCUT2D eigenvalue weighted by molar-refractivity contribution is -0.141. The van der Waals surface area contributed by atoms with Crippen LogP contribution in [-0.2, 0) is 9.53 Å². The largest absolute Gasteiger partial charge is 0.481 e. The maximum Gasteiger partial charge on any atom is 0.306 e. The lowest BCUT2D eigenvalue weighted by atomic mass is 10.1. The monoisotopic (exact) mass is 294 g/mol. The van der Waals surface area contributed by atoms with Crippen LogP contribution in [0.3, 0.4) is 0 Å². The number of nitrogens with zero attached hydrogens (tertiary/aromatic N) is 2. The van der Waals surface area contributed by atoms with E-state index in [4.69, 9.17) is 9.84 Å². The number of carboxylic acid groups (broad SMARTS) is 1. The lowest BCUT2D eigenvalue weighted by Crippen LogP contribution is -2.40. The highest BCUT2D eigenvalue weighted by Crippen LogP contribution is 2.04. The van der Waals surface area contributed by atoms with E-state index in [9.17, 15) is 9.59 Å². The predicted molar refractivity (Wildman–Crippen MR) is 78.1 cm³/mol. The number of aromatic nitrogens is 1. The molecule has 1 aromatic rings. The van der Waals surface area contributed by atoms with Crippen molar-refractivity contribution in [3.8, 4) is 0 Å². The third-order valence-electron chi connectivity index (χ3n) is 3.22. The zero-order valence-corrected chi connectivity index (χ0v) is 12.5. The molecule has 6 nitrogen and oxygen atoms in total. The molecule has 0 radical (unpaired) electrons. The van der Waals surface area contributed by atoms with E-state index in [-0.39, 0.29) is 11.8 Å². The van der Waals surface area contributed by atoms with Gasteiger partial charge in [0.25, 0.3) is 5.91 Å². The second kappa shape index (κ2) is 9.07. The highest BCUT2D eigenvalue weighted by Gasteiger charge is 2.18. The van der Waals surface area contributed by atoms with Gasteiger partial charge in [-0.1, -0.05) is 19.9 Å². The first-order valence-corrected chi connectivity index (χ1v) is 7.07. The molecule has 2 rings (SSSR count). The molecule has 1 atom stereocenters. The molecule has 2 heterocycles. The Kier molecular flexibility index (Phi) is 7.39. The molecule has 1 amide bonds. The van der Waals surface area contributed by atoms with Crippen molar-refractivity contribution in [2.75, 3.05) is 26.3 Å². The number of morpholine rings is 1. The van der Waals surface area contributed by atoms with E-state index < -0.39 is 5.97 Å². The van der Waals surface area contributed by atoms with Crippen LogP contribution < -0.4 is 0 Å². The Balaban J connectivity index is 0.000000270. The van der Waals surface area contributed by atoms with E-state index in [1.807, 2.05) is 13.0 Å². The molecule has 0 bridgehead atoms. The Labute approximate surface area is 124 Å². The standard InChI is InChI=1S/C10H12N2O2.C5H10O2/c13-10(9-3-1-2-4-11-9)12-5-7-14-8-6-12;1-3-4(2)5(6)7/h1-4H,5-8H2;4H,3H2,1-2H3,(H,6,7). The average molecular weight is 294 g/mol. The first-order chi connectivity index (χ1) is 10.1. The van der Waals surface area contributed by atoms with Gasteiger partial charge >= 0.3 is 5.97 Å². The Morgan fingerprint density at radius 3 is 2.48 bits per heavy atom. The van der Waals surface area contributed by atoms with E-state index in [0.29, 0.717) is 32.0 Å². The van der Waals surface area contributed by atoms with Crippen molar-refractivity contribution in [2.45, 2.75) is 20.3 Å². The highest BCUT2D eigenvalue weighted by atomic mass is 16.5. The average Bonchev–Trinajstić information content (AvgIpc) is 2.55. The molecule has 0 aromatic carbocycles. The third kappa shape index (κ3) is 5.91. The number of ether oxygens (including phenoxy) is 1. The van der Waals surface area contributed by atoms with Gasteiger partial charge in [-0.2, -0.15) is 0 Å². The number of rotatable bonds is 3. The number of carbonyl (C=O) groups is 2. The fourth-order valence-corrected chi connectivity index (χ4v) is 1.59. The maximum atomic E-state index is 11.8. The van der Waals surface area contributed by atoms with Crippen LogP contribution in [0, 0.1) is 5.92 Å². The van der Waals surface area contributed by atoms with Crippen molar-refractivity contribution in [2.24, 2.45) is 5.92 Å². The Morgan fingerprint density at radius 1 is 1.38 bits per heavy atom. The minimum absolute atomic E-state index is 0.00565. The van der Waals surface area contributed by atoms with Crippen molar-refractivity contribution in [1.82, 2.24) is 9.88 Å². The summed E-state index contributed by atoms with van der Waals surface area (Å²) in [6, 6.07) is 5.36. The van der Waals surface area contributed by atoms with Crippen LogP contribution >= 0.6 is 0 Å². The molecular weight excluding hydrogens is 272 g/mol. The van der Waals surface area contributed by atoms with Crippen LogP contribution in [0.25, 0.3) is 0 Å². The molecule has 1 N–H and O–H groups in total. The molecule has 1 aliphatic heterocycles. The summed E-state index contributed by atoms with van der Waals surface area (Å²) in [6.07, 6.45) is 2.35. The highest BCUT2D eigenvalue weighted by molar-refractivity contribution is 5.92. The van der Waals surface area contributed by atoms with Crippen LogP contribution in [0.1, 0.15) is 30.8 Å². The number of amides is 1. The smallest absolute Gasteiger partial charge is 0.306 e.